The smallest absolute Gasteiger partial charge is 0.225 e. The zero-order valence-corrected chi connectivity index (χ0v) is 10.6. The normalized spacial score (nSPS) is 23.8. The minimum Gasteiger partial charge on any atom is -0.359 e. The molecule has 1 saturated carbocycles. The molecule has 0 saturated heterocycles. The van der Waals surface area contributed by atoms with Crippen molar-refractivity contribution in [3.8, 4) is 0 Å². The van der Waals surface area contributed by atoms with Gasteiger partial charge in [-0.05, 0) is 18.8 Å². The Kier molecular flexibility index (Phi) is 3.94. The Morgan fingerprint density at radius 1 is 1.38 bits per heavy atom. The van der Waals surface area contributed by atoms with E-state index in [2.05, 4.69) is 10.6 Å². The summed E-state index contributed by atoms with van der Waals surface area (Å²) in [4.78, 5) is 22.8. The summed E-state index contributed by atoms with van der Waals surface area (Å²) in [6.07, 6.45) is 2.37. The average molecular weight is 226 g/mol. The Bertz CT molecular complexity index is 287. The van der Waals surface area contributed by atoms with Gasteiger partial charge in [-0.1, -0.05) is 20.8 Å². The molecule has 2 amide bonds. The standard InChI is InChI=1S/C12H22N2O2/c1-5-10(15)14-9-6-8(9)7-12(2,3)11(16)13-4/h8-9H,5-7H2,1-4H3,(H,13,16)(H,14,15). The third kappa shape index (κ3) is 3.22. The number of nitrogens with one attached hydrogen (secondary N) is 2. The maximum absolute atomic E-state index is 11.6. The van der Waals surface area contributed by atoms with Crippen LogP contribution < -0.4 is 10.6 Å². The second-order valence-corrected chi connectivity index (χ2v) is 5.19. The maximum atomic E-state index is 11.6. The quantitative estimate of drug-likeness (QED) is 0.736. The molecule has 0 aromatic heterocycles. The van der Waals surface area contributed by atoms with Crippen LogP contribution in [0.3, 0.4) is 0 Å². The molecule has 0 bridgehead atoms. The summed E-state index contributed by atoms with van der Waals surface area (Å²) in [7, 11) is 1.66. The van der Waals surface area contributed by atoms with Crippen molar-refractivity contribution in [2.75, 3.05) is 7.05 Å². The fourth-order valence-corrected chi connectivity index (χ4v) is 2.05. The maximum Gasteiger partial charge on any atom is 0.225 e. The molecule has 0 aromatic carbocycles. The number of amides is 2. The third-order valence-corrected chi connectivity index (χ3v) is 3.20. The van der Waals surface area contributed by atoms with Crippen molar-refractivity contribution in [1.29, 1.82) is 0 Å². The van der Waals surface area contributed by atoms with E-state index in [1.54, 1.807) is 7.05 Å². The largest absolute Gasteiger partial charge is 0.359 e. The van der Waals surface area contributed by atoms with Crippen LogP contribution in [0.25, 0.3) is 0 Å². The van der Waals surface area contributed by atoms with Crippen molar-refractivity contribution >= 4 is 11.8 Å². The Morgan fingerprint density at radius 2 is 2.00 bits per heavy atom. The van der Waals surface area contributed by atoms with Crippen molar-refractivity contribution in [3.05, 3.63) is 0 Å². The molecule has 0 aliphatic heterocycles. The molecule has 1 aliphatic rings. The van der Waals surface area contributed by atoms with Crippen LogP contribution >= 0.6 is 0 Å². The number of rotatable bonds is 5. The Hall–Kier alpha value is -1.06. The lowest BCUT2D eigenvalue weighted by Gasteiger charge is -2.22. The van der Waals surface area contributed by atoms with Crippen molar-refractivity contribution in [2.45, 2.75) is 46.1 Å². The monoisotopic (exact) mass is 226 g/mol. The number of hydrogen-bond acceptors (Lipinski definition) is 2. The molecule has 0 radical (unpaired) electrons. The van der Waals surface area contributed by atoms with Crippen LogP contribution in [0, 0.1) is 11.3 Å². The molecule has 16 heavy (non-hydrogen) atoms. The van der Waals surface area contributed by atoms with Crippen LogP contribution in [0.5, 0.6) is 0 Å². The topological polar surface area (TPSA) is 58.2 Å². The molecule has 0 spiro atoms. The van der Waals surface area contributed by atoms with Gasteiger partial charge in [-0.25, -0.2) is 0 Å². The first kappa shape index (κ1) is 13.0. The highest BCUT2D eigenvalue weighted by Gasteiger charge is 2.43. The molecule has 4 nitrogen and oxygen atoms in total. The molecule has 1 rings (SSSR count). The highest BCUT2D eigenvalue weighted by Crippen LogP contribution is 2.40. The molecule has 2 atom stereocenters. The highest BCUT2D eigenvalue weighted by atomic mass is 16.2. The average Bonchev–Trinajstić information content (AvgIpc) is 2.93. The molecule has 1 aliphatic carbocycles. The minimum atomic E-state index is -0.342. The van der Waals surface area contributed by atoms with E-state index in [0.717, 1.165) is 12.8 Å². The van der Waals surface area contributed by atoms with Crippen LogP contribution in [0.4, 0.5) is 0 Å². The molecule has 2 N–H and O–H groups in total. The van der Waals surface area contributed by atoms with Crippen molar-refractivity contribution in [2.24, 2.45) is 11.3 Å². The predicted octanol–water partition coefficient (Wildman–Crippen LogP) is 1.06. The first-order valence-corrected chi connectivity index (χ1v) is 5.92. The van der Waals surface area contributed by atoms with E-state index in [1.165, 1.54) is 0 Å². The molecule has 4 heteroatoms. The lowest BCUT2D eigenvalue weighted by molar-refractivity contribution is -0.129. The van der Waals surface area contributed by atoms with Crippen LogP contribution in [0.1, 0.15) is 40.0 Å². The van der Waals surface area contributed by atoms with Crippen molar-refractivity contribution < 1.29 is 9.59 Å². The summed E-state index contributed by atoms with van der Waals surface area (Å²) in [5, 5.41) is 5.64. The number of carbonyl (C=O) groups excluding carboxylic acids is 2. The van der Waals surface area contributed by atoms with E-state index in [9.17, 15) is 9.59 Å². The minimum absolute atomic E-state index is 0.0694. The fraction of sp³-hybridized carbons (Fsp3) is 0.833. The summed E-state index contributed by atoms with van der Waals surface area (Å²) in [5.74, 6) is 0.632. The summed E-state index contributed by atoms with van der Waals surface area (Å²) in [5.41, 5.74) is -0.342. The van der Waals surface area contributed by atoms with Crippen LogP contribution in [-0.2, 0) is 9.59 Å². The molecular weight excluding hydrogens is 204 g/mol. The summed E-state index contributed by atoms with van der Waals surface area (Å²) in [6.45, 7) is 5.74. The van der Waals surface area contributed by atoms with Gasteiger partial charge >= 0.3 is 0 Å². The van der Waals surface area contributed by atoms with Crippen LogP contribution in [0.15, 0.2) is 0 Å². The van der Waals surface area contributed by atoms with Gasteiger partial charge in [0.15, 0.2) is 0 Å². The van der Waals surface area contributed by atoms with E-state index in [1.807, 2.05) is 20.8 Å². The molecule has 1 fully saturated rings. The molecular formula is C12H22N2O2. The van der Waals surface area contributed by atoms with Gasteiger partial charge in [0.2, 0.25) is 11.8 Å². The van der Waals surface area contributed by atoms with Gasteiger partial charge in [-0.15, -0.1) is 0 Å². The van der Waals surface area contributed by atoms with Gasteiger partial charge in [-0.2, -0.15) is 0 Å². The SMILES string of the molecule is CCC(=O)NC1CC1CC(C)(C)C(=O)NC. The van der Waals surface area contributed by atoms with Crippen LogP contribution in [-0.4, -0.2) is 24.9 Å². The van der Waals surface area contributed by atoms with E-state index in [4.69, 9.17) is 0 Å². The van der Waals surface area contributed by atoms with Gasteiger partial charge < -0.3 is 10.6 Å². The van der Waals surface area contributed by atoms with E-state index in [0.29, 0.717) is 12.3 Å². The van der Waals surface area contributed by atoms with Gasteiger partial charge in [0, 0.05) is 24.9 Å². The highest BCUT2D eigenvalue weighted by molar-refractivity contribution is 5.81. The Morgan fingerprint density at radius 3 is 2.50 bits per heavy atom. The fourth-order valence-electron chi connectivity index (χ4n) is 2.05. The van der Waals surface area contributed by atoms with Gasteiger partial charge in [0.05, 0.1) is 0 Å². The van der Waals surface area contributed by atoms with Crippen molar-refractivity contribution in [3.63, 3.8) is 0 Å². The predicted molar refractivity (Wildman–Crippen MR) is 62.8 cm³/mol. The zero-order valence-electron chi connectivity index (χ0n) is 10.6. The lowest BCUT2D eigenvalue weighted by Crippen LogP contribution is -2.35. The number of carbonyl (C=O) groups is 2. The summed E-state index contributed by atoms with van der Waals surface area (Å²) < 4.78 is 0. The van der Waals surface area contributed by atoms with E-state index in [-0.39, 0.29) is 23.3 Å². The second-order valence-electron chi connectivity index (χ2n) is 5.19. The van der Waals surface area contributed by atoms with Gasteiger partial charge in [0.1, 0.15) is 0 Å². The van der Waals surface area contributed by atoms with Crippen molar-refractivity contribution in [1.82, 2.24) is 10.6 Å². The lowest BCUT2D eigenvalue weighted by atomic mass is 9.86. The summed E-state index contributed by atoms with van der Waals surface area (Å²) in [6, 6.07) is 0.288. The molecule has 0 heterocycles. The Balaban J connectivity index is 2.36. The second kappa shape index (κ2) is 4.85. The molecule has 0 aromatic rings. The van der Waals surface area contributed by atoms with Gasteiger partial charge in [-0.3, -0.25) is 9.59 Å². The van der Waals surface area contributed by atoms with E-state index >= 15 is 0 Å². The van der Waals surface area contributed by atoms with Crippen LogP contribution in [0.2, 0.25) is 0 Å². The third-order valence-electron chi connectivity index (χ3n) is 3.20. The van der Waals surface area contributed by atoms with Gasteiger partial charge in [0.25, 0.3) is 0 Å². The Labute approximate surface area is 97.2 Å². The number of hydrogen-bond donors (Lipinski definition) is 2. The van der Waals surface area contributed by atoms with E-state index < -0.39 is 0 Å². The molecule has 92 valence electrons. The summed E-state index contributed by atoms with van der Waals surface area (Å²) >= 11 is 0. The first-order valence-electron chi connectivity index (χ1n) is 5.92. The first-order chi connectivity index (χ1) is 7.40. The zero-order chi connectivity index (χ0) is 12.3. The molecule has 2 unspecified atom stereocenters.